The average molecular weight is 370 g/mol. The summed E-state index contributed by atoms with van der Waals surface area (Å²) in [6, 6.07) is 14.9. The lowest BCUT2D eigenvalue weighted by Gasteiger charge is -2.21. The molecular formula is C21H26N2O4. The number of nitrogens with zero attached hydrogens (tertiary/aromatic N) is 1. The Morgan fingerprint density at radius 1 is 0.963 bits per heavy atom. The Balaban J connectivity index is 1.83. The molecule has 0 aliphatic carbocycles. The van der Waals surface area contributed by atoms with Crippen molar-refractivity contribution >= 4 is 17.5 Å². The zero-order valence-corrected chi connectivity index (χ0v) is 16.0. The largest absolute Gasteiger partial charge is 0.497 e. The number of rotatable bonds is 9. The summed E-state index contributed by atoms with van der Waals surface area (Å²) in [4.78, 5) is 25.7. The zero-order valence-electron chi connectivity index (χ0n) is 16.0. The van der Waals surface area contributed by atoms with Gasteiger partial charge in [0.2, 0.25) is 11.8 Å². The van der Waals surface area contributed by atoms with Gasteiger partial charge in [-0.25, -0.2) is 0 Å². The van der Waals surface area contributed by atoms with Crippen LogP contribution >= 0.6 is 0 Å². The molecule has 0 spiro atoms. The van der Waals surface area contributed by atoms with E-state index in [1.807, 2.05) is 24.3 Å². The first-order valence-electron chi connectivity index (χ1n) is 8.84. The molecule has 2 aromatic rings. The van der Waals surface area contributed by atoms with Crippen LogP contribution in [0.3, 0.4) is 0 Å². The molecule has 0 aliphatic rings. The average Bonchev–Trinajstić information content (AvgIpc) is 2.68. The van der Waals surface area contributed by atoms with Gasteiger partial charge in [-0.05, 0) is 48.4 Å². The summed E-state index contributed by atoms with van der Waals surface area (Å²) in [7, 11) is 3.22. The van der Waals surface area contributed by atoms with Crippen LogP contribution in [0.5, 0.6) is 11.5 Å². The second-order valence-corrected chi connectivity index (χ2v) is 6.13. The van der Waals surface area contributed by atoms with E-state index in [-0.39, 0.29) is 18.2 Å². The van der Waals surface area contributed by atoms with Crippen LogP contribution in [0.1, 0.15) is 18.9 Å². The third-order valence-corrected chi connectivity index (χ3v) is 4.23. The van der Waals surface area contributed by atoms with Crippen molar-refractivity contribution in [3.8, 4) is 11.5 Å². The summed E-state index contributed by atoms with van der Waals surface area (Å²) in [6.07, 6.45) is 0.945. The molecule has 1 N–H and O–H groups in total. The number of hydrogen-bond acceptors (Lipinski definition) is 4. The van der Waals surface area contributed by atoms with Crippen LogP contribution in [0.4, 0.5) is 5.69 Å². The van der Waals surface area contributed by atoms with Crippen molar-refractivity contribution < 1.29 is 19.1 Å². The molecule has 27 heavy (non-hydrogen) atoms. The minimum absolute atomic E-state index is 0.0462. The molecule has 0 atom stereocenters. The van der Waals surface area contributed by atoms with Crippen LogP contribution in [0.2, 0.25) is 0 Å². The third kappa shape index (κ3) is 6.66. The van der Waals surface area contributed by atoms with Gasteiger partial charge in [0, 0.05) is 32.1 Å². The van der Waals surface area contributed by atoms with Crippen molar-refractivity contribution in [1.82, 2.24) is 4.90 Å². The highest BCUT2D eigenvalue weighted by atomic mass is 16.5. The second-order valence-electron chi connectivity index (χ2n) is 6.13. The standard InChI is InChI=1S/C21H26N2O4/c1-16(24)23(13-11-17-5-4-6-20(15-17)27-3)14-12-21(25)22-18-7-9-19(26-2)10-8-18/h4-10,15H,11-14H2,1-3H3,(H,22,25). The third-order valence-electron chi connectivity index (χ3n) is 4.23. The van der Waals surface area contributed by atoms with E-state index in [1.165, 1.54) is 6.92 Å². The van der Waals surface area contributed by atoms with E-state index in [0.717, 1.165) is 17.1 Å². The van der Waals surface area contributed by atoms with Gasteiger partial charge in [-0.2, -0.15) is 0 Å². The summed E-state index contributed by atoms with van der Waals surface area (Å²) >= 11 is 0. The van der Waals surface area contributed by atoms with Gasteiger partial charge in [-0.15, -0.1) is 0 Å². The summed E-state index contributed by atoms with van der Waals surface area (Å²) < 4.78 is 10.3. The Kier molecular flexibility index (Phi) is 7.67. The first-order chi connectivity index (χ1) is 13.0. The van der Waals surface area contributed by atoms with Crippen LogP contribution in [0.25, 0.3) is 0 Å². The Labute approximate surface area is 160 Å². The van der Waals surface area contributed by atoms with Crippen molar-refractivity contribution in [3.63, 3.8) is 0 Å². The molecule has 0 radical (unpaired) electrons. The fraction of sp³-hybridized carbons (Fsp3) is 0.333. The molecule has 0 bridgehead atoms. The Hall–Kier alpha value is -3.02. The Morgan fingerprint density at radius 2 is 1.67 bits per heavy atom. The van der Waals surface area contributed by atoms with Gasteiger partial charge in [0.15, 0.2) is 0 Å². The Morgan fingerprint density at radius 3 is 2.30 bits per heavy atom. The molecule has 0 aromatic heterocycles. The highest BCUT2D eigenvalue weighted by molar-refractivity contribution is 5.91. The molecule has 0 saturated carbocycles. The minimum atomic E-state index is -0.132. The maximum absolute atomic E-state index is 12.2. The highest BCUT2D eigenvalue weighted by Crippen LogP contribution is 2.15. The van der Waals surface area contributed by atoms with Crippen LogP contribution in [0, 0.1) is 0 Å². The summed E-state index contributed by atoms with van der Waals surface area (Å²) in [5, 5.41) is 2.83. The second kappa shape index (κ2) is 10.2. The number of ether oxygens (including phenoxy) is 2. The predicted molar refractivity (Wildman–Crippen MR) is 105 cm³/mol. The SMILES string of the molecule is COc1ccc(NC(=O)CCN(CCc2cccc(OC)c2)C(C)=O)cc1. The maximum Gasteiger partial charge on any atom is 0.226 e. The summed E-state index contributed by atoms with van der Waals surface area (Å²) in [5.74, 6) is 1.34. The fourth-order valence-corrected chi connectivity index (χ4v) is 2.65. The first kappa shape index (κ1) is 20.3. The van der Waals surface area contributed by atoms with Gasteiger partial charge < -0.3 is 19.7 Å². The van der Waals surface area contributed by atoms with Crippen molar-refractivity contribution in [2.75, 3.05) is 32.6 Å². The highest BCUT2D eigenvalue weighted by Gasteiger charge is 2.12. The topological polar surface area (TPSA) is 67.9 Å². The molecule has 2 aromatic carbocycles. The van der Waals surface area contributed by atoms with Gasteiger partial charge in [0.1, 0.15) is 11.5 Å². The van der Waals surface area contributed by atoms with Gasteiger partial charge in [-0.3, -0.25) is 9.59 Å². The quantitative estimate of drug-likeness (QED) is 0.736. The van der Waals surface area contributed by atoms with E-state index in [4.69, 9.17) is 9.47 Å². The van der Waals surface area contributed by atoms with Gasteiger partial charge in [0.25, 0.3) is 0 Å². The van der Waals surface area contributed by atoms with Crippen LogP contribution in [0.15, 0.2) is 48.5 Å². The molecule has 0 aliphatic heterocycles. The normalized spacial score (nSPS) is 10.2. The Bertz CT molecular complexity index is 759. The number of nitrogens with one attached hydrogen (secondary N) is 1. The van der Waals surface area contributed by atoms with E-state index in [1.54, 1.807) is 43.4 Å². The van der Waals surface area contributed by atoms with E-state index in [9.17, 15) is 9.59 Å². The molecule has 0 heterocycles. The van der Waals surface area contributed by atoms with Gasteiger partial charge in [-0.1, -0.05) is 12.1 Å². The number of anilines is 1. The van der Waals surface area contributed by atoms with Crippen molar-refractivity contribution in [1.29, 1.82) is 0 Å². The van der Waals surface area contributed by atoms with Crippen molar-refractivity contribution in [3.05, 3.63) is 54.1 Å². The lowest BCUT2D eigenvalue weighted by molar-refractivity contribution is -0.129. The van der Waals surface area contributed by atoms with Crippen molar-refractivity contribution in [2.45, 2.75) is 19.8 Å². The number of amides is 2. The molecule has 6 heteroatoms. The van der Waals surface area contributed by atoms with E-state index < -0.39 is 0 Å². The molecule has 6 nitrogen and oxygen atoms in total. The lowest BCUT2D eigenvalue weighted by Crippen LogP contribution is -2.33. The number of carbonyl (C=O) groups excluding carboxylic acids is 2. The smallest absolute Gasteiger partial charge is 0.226 e. The minimum Gasteiger partial charge on any atom is -0.497 e. The van der Waals surface area contributed by atoms with E-state index >= 15 is 0 Å². The summed E-state index contributed by atoms with van der Waals surface area (Å²) in [6.45, 7) is 2.45. The van der Waals surface area contributed by atoms with E-state index in [2.05, 4.69) is 5.32 Å². The molecule has 0 unspecified atom stereocenters. The maximum atomic E-state index is 12.2. The molecule has 2 amide bonds. The number of methoxy groups -OCH3 is 2. The molecule has 0 saturated heterocycles. The van der Waals surface area contributed by atoms with E-state index in [0.29, 0.717) is 25.2 Å². The molecule has 144 valence electrons. The fourth-order valence-electron chi connectivity index (χ4n) is 2.65. The van der Waals surface area contributed by atoms with Gasteiger partial charge >= 0.3 is 0 Å². The summed E-state index contributed by atoms with van der Waals surface area (Å²) in [5.41, 5.74) is 1.79. The van der Waals surface area contributed by atoms with Crippen LogP contribution in [-0.2, 0) is 16.0 Å². The molecule has 2 rings (SSSR count). The molecule has 0 fully saturated rings. The number of benzene rings is 2. The predicted octanol–water partition coefficient (Wildman–Crippen LogP) is 3.12. The first-order valence-corrected chi connectivity index (χ1v) is 8.84. The van der Waals surface area contributed by atoms with Crippen LogP contribution < -0.4 is 14.8 Å². The van der Waals surface area contributed by atoms with Crippen LogP contribution in [-0.4, -0.2) is 44.0 Å². The number of carbonyl (C=O) groups is 2. The molecular weight excluding hydrogens is 344 g/mol. The van der Waals surface area contributed by atoms with Gasteiger partial charge in [0.05, 0.1) is 14.2 Å². The van der Waals surface area contributed by atoms with Crippen molar-refractivity contribution in [2.24, 2.45) is 0 Å². The number of hydrogen-bond donors (Lipinski definition) is 1. The monoisotopic (exact) mass is 370 g/mol. The lowest BCUT2D eigenvalue weighted by atomic mass is 10.1. The zero-order chi connectivity index (χ0) is 19.6.